The van der Waals surface area contributed by atoms with E-state index in [9.17, 15) is 9.59 Å². The first-order valence-electron chi connectivity index (χ1n) is 5.43. The lowest BCUT2D eigenvalue weighted by atomic mass is 9.79. The maximum absolute atomic E-state index is 11.1. The van der Waals surface area contributed by atoms with Gasteiger partial charge in [0.05, 0.1) is 6.04 Å². The highest BCUT2D eigenvalue weighted by atomic mass is 16.4. The van der Waals surface area contributed by atoms with Crippen molar-refractivity contribution in [1.82, 2.24) is 4.90 Å². The van der Waals surface area contributed by atoms with Gasteiger partial charge in [-0.2, -0.15) is 0 Å². The van der Waals surface area contributed by atoms with Crippen LogP contribution in [0.1, 0.15) is 33.6 Å². The molecule has 5 nitrogen and oxygen atoms in total. The fourth-order valence-electron chi connectivity index (χ4n) is 2.19. The van der Waals surface area contributed by atoms with Crippen molar-refractivity contribution in [3.05, 3.63) is 0 Å². The Hall–Kier alpha value is -1.35. The highest BCUT2D eigenvalue weighted by molar-refractivity contribution is 5.65. The van der Waals surface area contributed by atoms with E-state index < -0.39 is 6.09 Å². The number of carboxylic acid groups (broad SMARTS) is 1. The van der Waals surface area contributed by atoms with Crippen molar-refractivity contribution in [3.63, 3.8) is 0 Å². The third-order valence-electron chi connectivity index (χ3n) is 3.06. The molecule has 2 atom stereocenters. The summed E-state index contributed by atoms with van der Waals surface area (Å²) in [5.74, 6) is 0. The van der Waals surface area contributed by atoms with Crippen molar-refractivity contribution in [2.45, 2.75) is 45.7 Å². The molecule has 1 amide bonds. The molecule has 0 radical (unpaired) electrons. The molecule has 1 aliphatic rings. The van der Waals surface area contributed by atoms with Crippen molar-refractivity contribution < 1.29 is 14.7 Å². The fourth-order valence-corrected chi connectivity index (χ4v) is 2.19. The molecule has 1 rings (SSSR count). The highest BCUT2D eigenvalue weighted by Crippen LogP contribution is 2.32. The Morgan fingerprint density at radius 1 is 1.50 bits per heavy atom. The smallest absolute Gasteiger partial charge is 0.407 e. The molecule has 1 fully saturated rings. The number of rotatable bonds is 1. The van der Waals surface area contributed by atoms with Crippen LogP contribution < -0.4 is 0 Å². The Kier molecular flexibility index (Phi) is 3.70. The van der Waals surface area contributed by atoms with Crippen LogP contribution in [0.2, 0.25) is 0 Å². The highest BCUT2D eigenvalue weighted by Gasteiger charge is 2.38. The number of hydrogen-bond donors (Lipinski definition) is 1. The van der Waals surface area contributed by atoms with E-state index >= 15 is 0 Å². The summed E-state index contributed by atoms with van der Waals surface area (Å²) in [5, 5.41) is 9.11. The molecule has 1 N–H and O–H groups in total. The Morgan fingerprint density at radius 3 is 2.56 bits per heavy atom. The van der Waals surface area contributed by atoms with Crippen LogP contribution in [0, 0.1) is 5.41 Å². The van der Waals surface area contributed by atoms with E-state index in [0.717, 1.165) is 0 Å². The van der Waals surface area contributed by atoms with Gasteiger partial charge in [0.25, 0.3) is 0 Å². The zero-order chi connectivity index (χ0) is 12.3. The lowest BCUT2D eigenvalue weighted by Gasteiger charge is -2.43. The van der Waals surface area contributed by atoms with E-state index in [1.807, 2.05) is 20.8 Å². The summed E-state index contributed by atoms with van der Waals surface area (Å²) in [4.78, 5) is 26.5. The Balaban J connectivity index is 2.85. The fraction of sp³-hybridized carbons (Fsp3) is 0.818. The largest absolute Gasteiger partial charge is 0.465 e. The van der Waals surface area contributed by atoms with Crippen LogP contribution in [0.15, 0.2) is 4.99 Å². The number of carbonyl (C=O) groups is 1. The molecular weight excluding hydrogens is 208 g/mol. The number of hydrogen-bond acceptors (Lipinski definition) is 3. The number of nitrogens with zero attached hydrogens (tertiary/aromatic N) is 2. The Bertz CT molecular complexity index is 316. The Morgan fingerprint density at radius 2 is 2.12 bits per heavy atom. The van der Waals surface area contributed by atoms with E-state index in [2.05, 4.69) is 4.99 Å². The summed E-state index contributed by atoms with van der Waals surface area (Å²) in [7, 11) is 0. The quantitative estimate of drug-likeness (QED) is 0.548. The first-order valence-corrected chi connectivity index (χ1v) is 5.43. The maximum atomic E-state index is 11.1. The molecular formula is C11H18N2O3. The van der Waals surface area contributed by atoms with Crippen molar-refractivity contribution in [1.29, 1.82) is 0 Å². The number of carbonyl (C=O) groups excluding carboxylic acids is 1. The number of amides is 1. The van der Waals surface area contributed by atoms with Gasteiger partial charge in [-0.3, -0.25) is 0 Å². The van der Waals surface area contributed by atoms with Gasteiger partial charge in [-0.05, 0) is 18.3 Å². The molecule has 1 aliphatic heterocycles. The van der Waals surface area contributed by atoms with Crippen LogP contribution in [0.5, 0.6) is 0 Å². The van der Waals surface area contributed by atoms with Crippen molar-refractivity contribution in [2.75, 3.05) is 6.54 Å². The van der Waals surface area contributed by atoms with Crippen LogP contribution in [0.3, 0.4) is 0 Å². The molecule has 90 valence electrons. The average molecular weight is 226 g/mol. The van der Waals surface area contributed by atoms with Crippen LogP contribution in [-0.2, 0) is 4.79 Å². The summed E-state index contributed by atoms with van der Waals surface area (Å²) in [5.41, 5.74) is -0.143. The molecule has 0 aromatic rings. The van der Waals surface area contributed by atoms with Crippen LogP contribution in [0.25, 0.3) is 0 Å². The standard InChI is InChI=1S/C11H18N2O3/c1-11(2,3)9-6-8(12-7-14)4-5-13(9)10(15)16/h8-9H,4-6H2,1-3H3,(H,15,16). The molecule has 16 heavy (non-hydrogen) atoms. The molecule has 0 saturated carbocycles. The minimum absolute atomic E-state index is 0.0858. The van der Waals surface area contributed by atoms with Crippen LogP contribution in [-0.4, -0.2) is 40.8 Å². The van der Waals surface area contributed by atoms with E-state index in [1.54, 1.807) is 6.08 Å². The van der Waals surface area contributed by atoms with Gasteiger partial charge in [0, 0.05) is 12.6 Å². The topological polar surface area (TPSA) is 70.0 Å². The second-order valence-electron chi connectivity index (χ2n) is 5.26. The first-order chi connectivity index (χ1) is 7.36. The van der Waals surface area contributed by atoms with Gasteiger partial charge in [-0.1, -0.05) is 20.8 Å². The van der Waals surface area contributed by atoms with E-state index in [1.165, 1.54) is 4.90 Å². The molecule has 1 saturated heterocycles. The van der Waals surface area contributed by atoms with Gasteiger partial charge in [0.1, 0.15) is 0 Å². The number of likely N-dealkylation sites (tertiary alicyclic amines) is 1. The minimum Gasteiger partial charge on any atom is -0.465 e. The normalized spacial score (nSPS) is 26.1. The molecule has 0 aromatic carbocycles. The molecule has 0 aliphatic carbocycles. The second-order valence-corrected chi connectivity index (χ2v) is 5.26. The lowest BCUT2D eigenvalue weighted by Crippen LogP contribution is -2.52. The zero-order valence-electron chi connectivity index (χ0n) is 9.93. The van der Waals surface area contributed by atoms with Gasteiger partial charge in [0.15, 0.2) is 0 Å². The minimum atomic E-state index is -0.895. The number of aliphatic imine (C=N–C) groups is 1. The molecule has 1 heterocycles. The molecule has 0 spiro atoms. The summed E-state index contributed by atoms with van der Waals surface area (Å²) < 4.78 is 0. The molecule has 0 aromatic heterocycles. The summed E-state index contributed by atoms with van der Waals surface area (Å²) >= 11 is 0. The van der Waals surface area contributed by atoms with Gasteiger partial charge in [-0.25, -0.2) is 14.6 Å². The summed E-state index contributed by atoms with van der Waals surface area (Å²) in [6.07, 6.45) is 1.88. The van der Waals surface area contributed by atoms with Gasteiger partial charge in [-0.15, -0.1) is 0 Å². The van der Waals surface area contributed by atoms with Crippen LogP contribution >= 0.6 is 0 Å². The maximum Gasteiger partial charge on any atom is 0.407 e. The Labute approximate surface area is 95.2 Å². The zero-order valence-corrected chi connectivity index (χ0v) is 9.93. The molecule has 2 unspecified atom stereocenters. The van der Waals surface area contributed by atoms with Crippen LogP contribution in [0.4, 0.5) is 4.79 Å². The third-order valence-corrected chi connectivity index (χ3v) is 3.06. The molecule has 5 heteroatoms. The number of isocyanates is 1. The van der Waals surface area contributed by atoms with E-state index in [0.29, 0.717) is 19.4 Å². The van der Waals surface area contributed by atoms with Crippen molar-refractivity contribution in [3.8, 4) is 0 Å². The SMILES string of the molecule is CC(C)(C)C1CC(N=C=O)CCN1C(=O)O. The van der Waals surface area contributed by atoms with Gasteiger partial charge < -0.3 is 10.0 Å². The first kappa shape index (κ1) is 12.7. The predicted octanol–water partition coefficient (Wildman–Crippen LogP) is 1.88. The monoisotopic (exact) mass is 226 g/mol. The second kappa shape index (κ2) is 4.66. The molecule has 0 bridgehead atoms. The third kappa shape index (κ3) is 2.83. The summed E-state index contributed by atoms with van der Waals surface area (Å²) in [6, 6.07) is -0.182. The number of piperidine rings is 1. The summed E-state index contributed by atoms with van der Waals surface area (Å²) in [6.45, 7) is 6.44. The van der Waals surface area contributed by atoms with Crippen molar-refractivity contribution >= 4 is 12.2 Å². The van der Waals surface area contributed by atoms with E-state index in [4.69, 9.17) is 5.11 Å². The van der Waals surface area contributed by atoms with Gasteiger partial charge >= 0.3 is 6.09 Å². The average Bonchev–Trinajstić information content (AvgIpc) is 2.16. The lowest BCUT2D eigenvalue weighted by molar-refractivity contribution is 0.0538. The predicted molar refractivity (Wildman–Crippen MR) is 59.1 cm³/mol. The van der Waals surface area contributed by atoms with Crippen molar-refractivity contribution in [2.24, 2.45) is 10.4 Å². The van der Waals surface area contributed by atoms with E-state index in [-0.39, 0.29) is 17.5 Å². The van der Waals surface area contributed by atoms with Gasteiger partial charge in [0.2, 0.25) is 6.08 Å².